The SMILES string of the molecule is CCCCN(C(=O)CCl)C(C(=O)NC1CCCC1)c1ccc(Cl)cc1. The van der Waals surface area contributed by atoms with E-state index in [-0.39, 0.29) is 23.7 Å². The summed E-state index contributed by atoms with van der Waals surface area (Å²) in [5.74, 6) is -0.495. The fraction of sp³-hybridized carbons (Fsp3) is 0.579. The van der Waals surface area contributed by atoms with E-state index in [2.05, 4.69) is 12.2 Å². The molecule has 0 aromatic heterocycles. The van der Waals surface area contributed by atoms with Gasteiger partial charge in [-0.25, -0.2) is 0 Å². The highest BCUT2D eigenvalue weighted by molar-refractivity contribution is 6.30. The van der Waals surface area contributed by atoms with Gasteiger partial charge < -0.3 is 10.2 Å². The second-order valence-electron chi connectivity index (χ2n) is 6.52. The Bertz CT molecular complexity index is 571. The lowest BCUT2D eigenvalue weighted by atomic mass is 10.0. The van der Waals surface area contributed by atoms with Gasteiger partial charge in [-0.3, -0.25) is 9.59 Å². The minimum Gasteiger partial charge on any atom is -0.351 e. The zero-order chi connectivity index (χ0) is 18.2. The van der Waals surface area contributed by atoms with E-state index in [1.807, 2.05) is 12.1 Å². The molecule has 0 radical (unpaired) electrons. The molecule has 2 amide bonds. The Balaban J connectivity index is 2.29. The summed E-state index contributed by atoms with van der Waals surface area (Å²) in [6.45, 7) is 2.56. The maximum atomic E-state index is 13.0. The molecule has 1 aromatic carbocycles. The quantitative estimate of drug-likeness (QED) is 0.678. The molecule has 0 saturated heterocycles. The molecular weight excluding hydrogens is 359 g/mol. The molecule has 138 valence electrons. The highest BCUT2D eigenvalue weighted by Crippen LogP contribution is 2.26. The third kappa shape index (κ3) is 5.61. The van der Waals surface area contributed by atoms with E-state index in [1.165, 1.54) is 0 Å². The molecular formula is C19H26Cl2N2O2. The van der Waals surface area contributed by atoms with Gasteiger partial charge in [0.1, 0.15) is 11.9 Å². The van der Waals surface area contributed by atoms with E-state index in [0.717, 1.165) is 44.1 Å². The van der Waals surface area contributed by atoms with Crippen molar-refractivity contribution in [1.82, 2.24) is 10.2 Å². The minimum atomic E-state index is -0.671. The second kappa shape index (κ2) is 10.0. The third-order valence-electron chi connectivity index (χ3n) is 4.63. The van der Waals surface area contributed by atoms with E-state index in [0.29, 0.717) is 11.6 Å². The lowest BCUT2D eigenvalue weighted by Gasteiger charge is -2.32. The van der Waals surface area contributed by atoms with Gasteiger partial charge in [0.05, 0.1) is 0 Å². The topological polar surface area (TPSA) is 49.4 Å². The smallest absolute Gasteiger partial charge is 0.247 e. The molecule has 0 heterocycles. The fourth-order valence-corrected chi connectivity index (χ4v) is 3.55. The van der Waals surface area contributed by atoms with Gasteiger partial charge in [0, 0.05) is 17.6 Å². The zero-order valence-corrected chi connectivity index (χ0v) is 16.2. The lowest BCUT2D eigenvalue weighted by molar-refractivity contribution is -0.139. The van der Waals surface area contributed by atoms with Gasteiger partial charge in [-0.2, -0.15) is 0 Å². The molecule has 2 rings (SSSR count). The molecule has 1 unspecified atom stereocenters. The van der Waals surface area contributed by atoms with Crippen molar-refractivity contribution in [3.63, 3.8) is 0 Å². The molecule has 1 fully saturated rings. The van der Waals surface area contributed by atoms with Crippen LogP contribution < -0.4 is 5.32 Å². The summed E-state index contributed by atoms with van der Waals surface area (Å²) in [6.07, 6.45) is 6.02. The van der Waals surface area contributed by atoms with Crippen LogP contribution in [0.25, 0.3) is 0 Å². The number of nitrogens with zero attached hydrogens (tertiary/aromatic N) is 1. The van der Waals surface area contributed by atoms with E-state index in [1.54, 1.807) is 17.0 Å². The number of carbonyl (C=O) groups is 2. The van der Waals surface area contributed by atoms with Gasteiger partial charge in [-0.15, -0.1) is 11.6 Å². The largest absolute Gasteiger partial charge is 0.351 e. The Hall–Kier alpha value is -1.26. The fourth-order valence-electron chi connectivity index (χ4n) is 3.27. The molecule has 1 saturated carbocycles. The van der Waals surface area contributed by atoms with Crippen LogP contribution in [0.2, 0.25) is 5.02 Å². The second-order valence-corrected chi connectivity index (χ2v) is 7.22. The van der Waals surface area contributed by atoms with Crippen molar-refractivity contribution < 1.29 is 9.59 Å². The van der Waals surface area contributed by atoms with E-state index in [9.17, 15) is 9.59 Å². The summed E-state index contributed by atoms with van der Waals surface area (Å²) in [6, 6.07) is 6.63. The van der Waals surface area contributed by atoms with Gasteiger partial charge in [-0.05, 0) is 37.0 Å². The molecule has 1 aliphatic carbocycles. The van der Waals surface area contributed by atoms with Crippen LogP contribution in [0.4, 0.5) is 0 Å². The van der Waals surface area contributed by atoms with Crippen molar-refractivity contribution in [3.8, 4) is 0 Å². The summed E-state index contributed by atoms with van der Waals surface area (Å²) in [5.41, 5.74) is 0.759. The number of nitrogens with one attached hydrogen (secondary N) is 1. The molecule has 1 aromatic rings. The predicted molar refractivity (Wildman–Crippen MR) is 102 cm³/mol. The van der Waals surface area contributed by atoms with Crippen LogP contribution in [0, 0.1) is 0 Å². The average Bonchev–Trinajstić information content (AvgIpc) is 3.12. The summed E-state index contributed by atoms with van der Waals surface area (Å²) in [4.78, 5) is 27.1. The minimum absolute atomic E-state index is 0.134. The number of rotatable bonds is 8. The molecule has 0 bridgehead atoms. The Morgan fingerprint density at radius 2 is 1.88 bits per heavy atom. The van der Waals surface area contributed by atoms with Crippen molar-refractivity contribution in [1.29, 1.82) is 0 Å². The Labute approximate surface area is 159 Å². The first-order valence-electron chi connectivity index (χ1n) is 8.98. The number of hydrogen-bond acceptors (Lipinski definition) is 2. The van der Waals surface area contributed by atoms with Crippen LogP contribution >= 0.6 is 23.2 Å². The summed E-state index contributed by atoms with van der Waals surface area (Å²) in [5, 5.41) is 3.72. The number of alkyl halides is 1. The van der Waals surface area contributed by atoms with E-state index >= 15 is 0 Å². The van der Waals surface area contributed by atoms with E-state index in [4.69, 9.17) is 23.2 Å². The van der Waals surface area contributed by atoms with E-state index < -0.39 is 6.04 Å². The van der Waals surface area contributed by atoms with Crippen LogP contribution in [0.15, 0.2) is 24.3 Å². The summed E-state index contributed by atoms with van der Waals surface area (Å²) in [7, 11) is 0. The van der Waals surface area contributed by atoms with Crippen molar-refractivity contribution in [2.45, 2.75) is 57.5 Å². The molecule has 1 aliphatic rings. The van der Waals surface area contributed by atoms with Gasteiger partial charge in [0.2, 0.25) is 11.8 Å². The first kappa shape index (κ1) is 20.1. The Morgan fingerprint density at radius 3 is 2.44 bits per heavy atom. The first-order chi connectivity index (χ1) is 12.1. The van der Waals surface area contributed by atoms with Crippen LogP contribution in [-0.4, -0.2) is 35.2 Å². The van der Waals surface area contributed by atoms with Gasteiger partial charge in [-0.1, -0.05) is 49.9 Å². The number of unbranched alkanes of at least 4 members (excludes halogenated alkanes) is 1. The van der Waals surface area contributed by atoms with Gasteiger partial charge in [0.25, 0.3) is 0 Å². The number of carbonyl (C=O) groups excluding carboxylic acids is 2. The molecule has 0 aliphatic heterocycles. The van der Waals surface area contributed by atoms with Gasteiger partial charge in [0.15, 0.2) is 0 Å². The van der Waals surface area contributed by atoms with Crippen molar-refractivity contribution in [2.75, 3.05) is 12.4 Å². The molecule has 4 nitrogen and oxygen atoms in total. The molecule has 25 heavy (non-hydrogen) atoms. The maximum Gasteiger partial charge on any atom is 0.247 e. The number of benzene rings is 1. The van der Waals surface area contributed by atoms with Crippen LogP contribution in [-0.2, 0) is 9.59 Å². The number of hydrogen-bond donors (Lipinski definition) is 1. The third-order valence-corrected chi connectivity index (χ3v) is 5.12. The van der Waals surface area contributed by atoms with Crippen LogP contribution in [0.5, 0.6) is 0 Å². The van der Waals surface area contributed by atoms with Crippen molar-refractivity contribution >= 4 is 35.0 Å². The molecule has 0 spiro atoms. The number of halogens is 2. The molecule has 1 N–H and O–H groups in total. The first-order valence-corrected chi connectivity index (χ1v) is 9.89. The monoisotopic (exact) mass is 384 g/mol. The Morgan fingerprint density at radius 1 is 1.24 bits per heavy atom. The zero-order valence-electron chi connectivity index (χ0n) is 14.6. The average molecular weight is 385 g/mol. The highest BCUT2D eigenvalue weighted by atomic mass is 35.5. The van der Waals surface area contributed by atoms with Crippen LogP contribution in [0.1, 0.15) is 57.1 Å². The maximum absolute atomic E-state index is 13.0. The Kier molecular flexibility index (Phi) is 8.04. The van der Waals surface area contributed by atoms with Crippen molar-refractivity contribution in [2.24, 2.45) is 0 Å². The summed E-state index contributed by atoms with van der Waals surface area (Å²) < 4.78 is 0. The normalized spacial score (nSPS) is 15.8. The number of amides is 2. The van der Waals surface area contributed by atoms with Crippen LogP contribution in [0.3, 0.4) is 0 Å². The molecule has 1 atom stereocenters. The predicted octanol–water partition coefficient (Wildman–Crippen LogP) is 4.31. The standard InChI is InChI=1S/C19H26Cl2N2O2/c1-2-3-12-23(17(24)13-20)18(14-8-10-15(21)11-9-14)19(25)22-16-6-4-5-7-16/h8-11,16,18H,2-7,12-13H2,1H3,(H,22,25). The highest BCUT2D eigenvalue weighted by Gasteiger charge is 2.32. The van der Waals surface area contributed by atoms with Gasteiger partial charge >= 0.3 is 0 Å². The lowest BCUT2D eigenvalue weighted by Crippen LogP contribution is -2.46. The van der Waals surface area contributed by atoms with Crippen molar-refractivity contribution in [3.05, 3.63) is 34.9 Å². The summed E-state index contributed by atoms with van der Waals surface area (Å²) >= 11 is 11.8. The molecule has 6 heteroatoms.